The molecule has 13 heavy (non-hydrogen) atoms. The number of cyclic esters (lactones) is 1. The molecular weight excluding hydrogens is 164 g/mol. The Morgan fingerprint density at radius 1 is 1.54 bits per heavy atom. The molecule has 1 saturated carbocycles. The van der Waals surface area contributed by atoms with E-state index in [2.05, 4.69) is 6.92 Å². The first kappa shape index (κ1) is 8.79. The Morgan fingerprint density at radius 3 is 3.00 bits per heavy atom. The monoisotopic (exact) mass is 180 g/mol. The van der Waals surface area contributed by atoms with E-state index in [1.165, 1.54) is 18.4 Å². The molecule has 2 atom stereocenters. The van der Waals surface area contributed by atoms with Crippen molar-refractivity contribution in [3.05, 3.63) is 11.1 Å². The molecule has 0 aromatic heterocycles. The van der Waals surface area contributed by atoms with Crippen LogP contribution in [0, 0.1) is 11.8 Å². The van der Waals surface area contributed by atoms with Crippen LogP contribution in [0.4, 0.5) is 0 Å². The second-order valence-electron chi connectivity index (χ2n) is 4.16. The molecule has 2 nitrogen and oxygen atoms in total. The molecular formula is C11H16O2. The van der Waals surface area contributed by atoms with Crippen molar-refractivity contribution in [2.24, 2.45) is 11.8 Å². The molecule has 1 aliphatic carbocycles. The fourth-order valence-electron chi connectivity index (χ4n) is 2.46. The highest BCUT2D eigenvalue weighted by molar-refractivity contribution is 5.89. The molecule has 0 radical (unpaired) electrons. The van der Waals surface area contributed by atoms with E-state index in [1.807, 2.05) is 6.92 Å². The smallest absolute Gasteiger partial charge is 0.333 e. The van der Waals surface area contributed by atoms with Crippen LogP contribution in [0.25, 0.3) is 0 Å². The van der Waals surface area contributed by atoms with Gasteiger partial charge in [-0.15, -0.1) is 0 Å². The predicted octanol–water partition coefficient (Wildman–Crippen LogP) is 2.30. The van der Waals surface area contributed by atoms with E-state index in [0.29, 0.717) is 12.5 Å². The van der Waals surface area contributed by atoms with Crippen LogP contribution >= 0.6 is 0 Å². The molecule has 2 aliphatic rings. The quantitative estimate of drug-likeness (QED) is 0.579. The second kappa shape index (κ2) is 3.17. The lowest BCUT2D eigenvalue weighted by Gasteiger charge is -2.20. The summed E-state index contributed by atoms with van der Waals surface area (Å²) in [5.74, 6) is 1.23. The number of rotatable bonds is 1. The van der Waals surface area contributed by atoms with Crippen LogP contribution in [0.2, 0.25) is 0 Å². The zero-order valence-corrected chi connectivity index (χ0v) is 8.30. The lowest BCUT2D eigenvalue weighted by atomic mass is 9.97. The van der Waals surface area contributed by atoms with Crippen LogP contribution in [0.15, 0.2) is 11.1 Å². The van der Waals surface area contributed by atoms with Gasteiger partial charge in [0.1, 0.15) is 0 Å². The van der Waals surface area contributed by atoms with Crippen molar-refractivity contribution < 1.29 is 9.53 Å². The van der Waals surface area contributed by atoms with Crippen molar-refractivity contribution >= 4 is 5.97 Å². The summed E-state index contributed by atoms with van der Waals surface area (Å²) in [7, 11) is 0. The number of hydrogen-bond acceptors (Lipinski definition) is 2. The van der Waals surface area contributed by atoms with E-state index < -0.39 is 0 Å². The molecule has 0 amide bonds. The third-order valence-electron chi connectivity index (χ3n) is 3.40. The minimum Gasteiger partial charge on any atom is -0.462 e. The summed E-state index contributed by atoms with van der Waals surface area (Å²) in [6, 6.07) is 0. The maximum Gasteiger partial charge on any atom is 0.333 e. The van der Waals surface area contributed by atoms with Gasteiger partial charge < -0.3 is 4.74 Å². The summed E-state index contributed by atoms with van der Waals surface area (Å²) in [5.41, 5.74) is 2.26. The van der Waals surface area contributed by atoms with E-state index in [-0.39, 0.29) is 5.97 Å². The summed E-state index contributed by atoms with van der Waals surface area (Å²) in [6.07, 6.45) is 3.57. The fraction of sp³-hybridized carbons (Fsp3) is 0.727. The summed E-state index contributed by atoms with van der Waals surface area (Å²) in [5, 5.41) is 0. The third kappa shape index (κ3) is 1.38. The van der Waals surface area contributed by atoms with E-state index in [1.54, 1.807) is 0 Å². The van der Waals surface area contributed by atoms with Gasteiger partial charge in [-0.3, -0.25) is 0 Å². The Labute approximate surface area is 79.0 Å². The van der Waals surface area contributed by atoms with Crippen LogP contribution < -0.4 is 0 Å². The Morgan fingerprint density at radius 2 is 2.31 bits per heavy atom. The van der Waals surface area contributed by atoms with Gasteiger partial charge in [0.15, 0.2) is 0 Å². The molecule has 1 aliphatic heterocycles. The number of esters is 1. The van der Waals surface area contributed by atoms with Crippen molar-refractivity contribution in [3.63, 3.8) is 0 Å². The number of ether oxygens (including phenoxy) is 1. The lowest BCUT2D eigenvalue weighted by Crippen LogP contribution is -2.21. The number of fused-ring (bicyclic) bond motifs is 1. The zero-order chi connectivity index (χ0) is 9.42. The normalized spacial score (nSPS) is 33.2. The number of carbonyl (C=O) groups is 1. The molecule has 0 aromatic rings. The molecule has 2 rings (SSSR count). The molecule has 0 N–H and O–H groups in total. The average molecular weight is 180 g/mol. The van der Waals surface area contributed by atoms with Crippen LogP contribution in [-0.4, -0.2) is 12.6 Å². The first-order valence-electron chi connectivity index (χ1n) is 5.09. The highest BCUT2D eigenvalue weighted by Gasteiger charge is 2.35. The zero-order valence-electron chi connectivity index (χ0n) is 8.30. The Bertz CT molecular complexity index is 265. The molecule has 0 spiro atoms. The standard InChI is InChI=1S/C11H16O2/c1-3-8-4-9-6-13-11(12)7(2)10(9)5-8/h8-9H,3-6H2,1-2H3. The molecule has 1 fully saturated rings. The van der Waals surface area contributed by atoms with Gasteiger partial charge in [0.05, 0.1) is 6.61 Å². The van der Waals surface area contributed by atoms with Crippen LogP contribution in [0.3, 0.4) is 0 Å². The van der Waals surface area contributed by atoms with Crippen LogP contribution in [-0.2, 0) is 9.53 Å². The van der Waals surface area contributed by atoms with Gasteiger partial charge in [0.25, 0.3) is 0 Å². The van der Waals surface area contributed by atoms with E-state index >= 15 is 0 Å². The fourth-order valence-corrected chi connectivity index (χ4v) is 2.46. The summed E-state index contributed by atoms with van der Waals surface area (Å²) in [6.45, 7) is 4.75. The van der Waals surface area contributed by atoms with Crippen molar-refractivity contribution in [2.45, 2.75) is 33.1 Å². The largest absolute Gasteiger partial charge is 0.462 e. The summed E-state index contributed by atoms with van der Waals surface area (Å²) in [4.78, 5) is 11.3. The van der Waals surface area contributed by atoms with Crippen LogP contribution in [0.5, 0.6) is 0 Å². The van der Waals surface area contributed by atoms with Crippen molar-refractivity contribution in [3.8, 4) is 0 Å². The maximum atomic E-state index is 11.3. The minimum atomic E-state index is -0.0944. The SMILES string of the molecule is CCC1CC2=C(C)C(=O)OCC2C1. The van der Waals surface area contributed by atoms with Crippen molar-refractivity contribution in [1.82, 2.24) is 0 Å². The molecule has 2 heteroatoms. The van der Waals surface area contributed by atoms with Crippen molar-refractivity contribution in [2.75, 3.05) is 6.61 Å². The minimum absolute atomic E-state index is 0.0944. The summed E-state index contributed by atoms with van der Waals surface area (Å²) >= 11 is 0. The van der Waals surface area contributed by atoms with E-state index in [9.17, 15) is 4.79 Å². The topological polar surface area (TPSA) is 26.3 Å². The number of carbonyl (C=O) groups excluding carboxylic acids is 1. The van der Waals surface area contributed by atoms with Gasteiger partial charge in [0.2, 0.25) is 0 Å². The molecule has 0 bridgehead atoms. The molecule has 2 unspecified atom stereocenters. The molecule has 0 aromatic carbocycles. The Hall–Kier alpha value is -0.790. The van der Waals surface area contributed by atoms with Crippen LogP contribution in [0.1, 0.15) is 33.1 Å². The predicted molar refractivity (Wildman–Crippen MR) is 50.2 cm³/mol. The van der Waals surface area contributed by atoms with Gasteiger partial charge >= 0.3 is 5.97 Å². The summed E-state index contributed by atoms with van der Waals surface area (Å²) < 4.78 is 5.10. The highest BCUT2D eigenvalue weighted by atomic mass is 16.5. The van der Waals surface area contributed by atoms with Crippen molar-refractivity contribution in [1.29, 1.82) is 0 Å². The Balaban J connectivity index is 2.24. The van der Waals surface area contributed by atoms with Gasteiger partial charge in [-0.1, -0.05) is 18.9 Å². The van der Waals surface area contributed by atoms with Gasteiger partial charge in [-0.25, -0.2) is 4.79 Å². The highest BCUT2D eigenvalue weighted by Crippen LogP contribution is 2.41. The molecule has 1 heterocycles. The van der Waals surface area contributed by atoms with E-state index in [0.717, 1.165) is 17.9 Å². The number of hydrogen-bond donors (Lipinski definition) is 0. The first-order valence-corrected chi connectivity index (χ1v) is 5.09. The molecule has 0 saturated heterocycles. The lowest BCUT2D eigenvalue weighted by molar-refractivity contribution is -0.141. The second-order valence-corrected chi connectivity index (χ2v) is 4.16. The van der Waals surface area contributed by atoms with Gasteiger partial charge in [-0.2, -0.15) is 0 Å². The Kier molecular flexibility index (Phi) is 2.14. The maximum absolute atomic E-state index is 11.3. The van der Waals surface area contributed by atoms with Gasteiger partial charge in [-0.05, 0) is 25.7 Å². The third-order valence-corrected chi connectivity index (χ3v) is 3.40. The molecule has 72 valence electrons. The van der Waals surface area contributed by atoms with E-state index in [4.69, 9.17) is 4.74 Å². The first-order chi connectivity index (χ1) is 6.22. The van der Waals surface area contributed by atoms with Gasteiger partial charge in [0, 0.05) is 11.5 Å². The average Bonchev–Trinajstić information content (AvgIpc) is 2.55.